The summed E-state index contributed by atoms with van der Waals surface area (Å²) in [6.45, 7) is 9.59. The summed E-state index contributed by atoms with van der Waals surface area (Å²) < 4.78 is 16.1. The van der Waals surface area contributed by atoms with E-state index in [1.54, 1.807) is 31.2 Å². The summed E-state index contributed by atoms with van der Waals surface area (Å²) >= 11 is 0. The van der Waals surface area contributed by atoms with Crippen molar-refractivity contribution < 1.29 is 23.8 Å². The Kier molecular flexibility index (Phi) is 4.50. The van der Waals surface area contributed by atoms with Gasteiger partial charge < -0.3 is 14.2 Å². The van der Waals surface area contributed by atoms with Crippen LogP contribution in [0, 0.1) is 5.41 Å². The Hall–Kier alpha value is -2.30. The molecule has 0 atom stereocenters. The molecule has 1 heterocycles. The van der Waals surface area contributed by atoms with Gasteiger partial charge >= 0.3 is 11.9 Å². The number of carbonyl (C=O) groups excluding carboxylic acids is 2. The predicted molar refractivity (Wildman–Crippen MR) is 85.6 cm³/mol. The van der Waals surface area contributed by atoms with Crippen molar-refractivity contribution in [2.45, 2.75) is 40.4 Å². The number of hydrogen-bond acceptors (Lipinski definition) is 5. The van der Waals surface area contributed by atoms with E-state index in [0.717, 1.165) is 5.75 Å². The van der Waals surface area contributed by atoms with Crippen molar-refractivity contribution >= 4 is 18.0 Å². The SMILES string of the molecule is CCOc1ccc(C=C2C(=O)OC(C)(C(C)(C)C)OC2=O)cc1. The molecular formula is C18H22O5. The Morgan fingerprint density at radius 2 is 1.61 bits per heavy atom. The second kappa shape index (κ2) is 6.07. The summed E-state index contributed by atoms with van der Waals surface area (Å²) in [6, 6.07) is 7.07. The molecule has 0 saturated carbocycles. The molecule has 0 radical (unpaired) electrons. The van der Waals surface area contributed by atoms with Crippen LogP contribution in [-0.4, -0.2) is 24.3 Å². The lowest BCUT2D eigenvalue weighted by Gasteiger charge is -2.42. The first kappa shape index (κ1) is 17.1. The third-order valence-electron chi connectivity index (χ3n) is 3.88. The van der Waals surface area contributed by atoms with Gasteiger partial charge in [0.2, 0.25) is 0 Å². The van der Waals surface area contributed by atoms with Crippen LogP contribution in [0.5, 0.6) is 5.75 Å². The smallest absolute Gasteiger partial charge is 0.348 e. The minimum Gasteiger partial charge on any atom is -0.494 e. The molecule has 1 aromatic carbocycles. The standard InChI is InChI=1S/C18H22O5/c1-6-21-13-9-7-12(8-10-13)11-14-15(19)22-18(5,17(2,3)4)23-16(14)20/h7-11H,6H2,1-5H3. The van der Waals surface area contributed by atoms with Crippen LogP contribution in [0.2, 0.25) is 0 Å². The molecular weight excluding hydrogens is 296 g/mol. The van der Waals surface area contributed by atoms with Gasteiger partial charge in [0, 0.05) is 12.3 Å². The number of benzene rings is 1. The molecule has 5 nitrogen and oxygen atoms in total. The molecule has 1 aromatic rings. The highest BCUT2D eigenvalue weighted by atomic mass is 16.7. The van der Waals surface area contributed by atoms with Gasteiger partial charge in [-0.1, -0.05) is 32.9 Å². The highest BCUT2D eigenvalue weighted by Crippen LogP contribution is 2.38. The molecule has 23 heavy (non-hydrogen) atoms. The number of ether oxygens (including phenoxy) is 3. The van der Waals surface area contributed by atoms with Crippen LogP contribution in [-0.2, 0) is 19.1 Å². The summed E-state index contributed by atoms with van der Waals surface area (Å²) in [5.41, 5.74) is 0.0517. The first-order chi connectivity index (χ1) is 10.7. The van der Waals surface area contributed by atoms with Crippen molar-refractivity contribution in [2.75, 3.05) is 6.61 Å². The summed E-state index contributed by atoms with van der Waals surface area (Å²) in [5, 5.41) is 0. The molecule has 0 aromatic heterocycles. The fraction of sp³-hybridized carbons (Fsp3) is 0.444. The Morgan fingerprint density at radius 3 is 2.04 bits per heavy atom. The van der Waals surface area contributed by atoms with E-state index >= 15 is 0 Å². The van der Waals surface area contributed by atoms with E-state index in [0.29, 0.717) is 12.2 Å². The zero-order chi connectivity index (χ0) is 17.3. The minimum atomic E-state index is -1.28. The molecule has 0 aliphatic carbocycles. The van der Waals surface area contributed by atoms with Crippen LogP contribution >= 0.6 is 0 Å². The molecule has 124 valence electrons. The van der Waals surface area contributed by atoms with Crippen molar-refractivity contribution in [3.05, 3.63) is 35.4 Å². The molecule has 0 unspecified atom stereocenters. The normalized spacial score (nSPS) is 21.5. The lowest BCUT2D eigenvalue weighted by Crippen LogP contribution is -2.52. The first-order valence-corrected chi connectivity index (χ1v) is 7.57. The van der Waals surface area contributed by atoms with E-state index in [1.807, 2.05) is 27.7 Å². The lowest BCUT2D eigenvalue weighted by molar-refractivity contribution is -0.261. The highest BCUT2D eigenvalue weighted by molar-refractivity contribution is 6.18. The summed E-state index contributed by atoms with van der Waals surface area (Å²) in [7, 11) is 0. The van der Waals surface area contributed by atoms with Gasteiger partial charge in [-0.05, 0) is 30.7 Å². The molecule has 0 bridgehead atoms. The van der Waals surface area contributed by atoms with E-state index in [4.69, 9.17) is 14.2 Å². The number of hydrogen-bond donors (Lipinski definition) is 0. The van der Waals surface area contributed by atoms with Gasteiger partial charge in [0.05, 0.1) is 6.61 Å². The monoisotopic (exact) mass is 318 g/mol. The van der Waals surface area contributed by atoms with Gasteiger partial charge in [-0.15, -0.1) is 0 Å². The third-order valence-corrected chi connectivity index (χ3v) is 3.88. The molecule has 1 saturated heterocycles. The molecule has 1 aliphatic heterocycles. The Bertz CT molecular complexity index is 614. The van der Waals surface area contributed by atoms with Crippen LogP contribution in [0.25, 0.3) is 6.08 Å². The fourth-order valence-corrected chi connectivity index (χ4v) is 1.99. The molecule has 2 rings (SSSR count). The van der Waals surface area contributed by atoms with E-state index in [2.05, 4.69) is 0 Å². The van der Waals surface area contributed by atoms with Crippen molar-refractivity contribution in [3.63, 3.8) is 0 Å². The number of rotatable bonds is 3. The minimum absolute atomic E-state index is 0.115. The zero-order valence-electron chi connectivity index (χ0n) is 14.1. The Morgan fingerprint density at radius 1 is 1.09 bits per heavy atom. The molecule has 0 spiro atoms. The second-order valence-electron chi connectivity index (χ2n) is 6.53. The van der Waals surface area contributed by atoms with Gasteiger partial charge in [0.15, 0.2) is 0 Å². The van der Waals surface area contributed by atoms with E-state index in [-0.39, 0.29) is 5.57 Å². The van der Waals surface area contributed by atoms with Crippen molar-refractivity contribution in [1.29, 1.82) is 0 Å². The molecule has 5 heteroatoms. The first-order valence-electron chi connectivity index (χ1n) is 7.57. The Balaban J connectivity index is 2.24. The molecule has 0 amide bonds. The van der Waals surface area contributed by atoms with Gasteiger partial charge in [-0.2, -0.15) is 0 Å². The van der Waals surface area contributed by atoms with Crippen molar-refractivity contribution in [1.82, 2.24) is 0 Å². The van der Waals surface area contributed by atoms with Crippen LogP contribution in [0.4, 0.5) is 0 Å². The summed E-state index contributed by atoms with van der Waals surface area (Å²) in [6.07, 6.45) is 1.46. The maximum atomic E-state index is 12.2. The predicted octanol–water partition coefficient (Wildman–Crippen LogP) is 3.33. The quantitative estimate of drug-likeness (QED) is 0.486. The lowest BCUT2D eigenvalue weighted by atomic mass is 9.85. The second-order valence-corrected chi connectivity index (χ2v) is 6.53. The van der Waals surface area contributed by atoms with Crippen LogP contribution < -0.4 is 4.74 Å². The average molecular weight is 318 g/mol. The van der Waals surface area contributed by atoms with Gasteiger partial charge in [0.25, 0.3) is 5.79 Å². The van der Waals surface area contributed by atoms with Crippen molar-refractivity contribution in [3.8, 4) is 5.75 Å². The summed E-state index contributed by atoms with van der Waals surface area (Å²) in [4.78, 5) is 24.4. The van der Waals surface area contributed by atoms with E-state index in [1.165, 1.54) is 6.08 Å². The van der Waals surface area contributed by atoms with Gasteiger partial charge in [-0.25, -0.2) is 9.59 Å². The average Bonchev–Trinajstić information content (AvgIpc) is 2.44. The zero-order valence-corrected chi connectivity index (χ0v) is 14.1. The van der Waals surface area contributed by atoms with Crippen LogP contribution in [0.1, 0.15) is 40.2 Å². The van der Waals surface area contributed by atoms with E-state index < -0.39 is 23.1 Å². The molecule has 1 aliphatic rings. The van der Waals surface area contributed by atoms with Crippen LogP contribution in [0.3, 0.4) is 0 Å². The number of cyclic esters (lactones) is 2. The largest absolute Gasteiger partial charge is 0.494 e. The van der Waals surface area contributed by atoms with E-state index in [9.17, 15) is 9.59 Å². The van der Waals surface area contributed by atoms with Crippen molar-refractivity contribution in [2.24, 2.45) is 5.41 Å². The number of carbonyl (C=O) groups is 2. The summed E-state index contributed by atoms with van der Waals surface area (Å²) in [5.74, 6) is -1.90. The van der Waals surface area contributed by atoms with Crippen LogP contribution in [0.15, 0.2) is 29.8 Å². The number of esters is 2. The topological polar surface area (TPSA) is 61.8 Å². The molecule has 1 fully saturated rings. The molecule has 0 N–H and O–H groups in total. The fourth-order valence-electron chi connectivity index (χ4n) is 1.99. The maximum absolute atomic E-state index is 12.2. The highest BCUT2D eigenvalue weighted by Gasteiger charge is 2.50. The maximum Gasteiger partial charge on any atom is 0.348 e. The third kappa shape index (κ3) is 3.55. The van der Waals surface area contributed by atoms with Gasteiger partial charge in [0.1, 0.15) is 11.3 Å². The Labute approximate surface area is 136 Å². The van der Waals surface area contributed by atoms with Gasteiger partial charge in [-0.3, -0.25) is 0 Å².